The van der Waals surface area contributed by atoms with Crippen LogP contribution < -0.4 is 0 Å². The molecule has 2 atom stereocenters. The minimum absolute atomic E-state index is 0.103. The van der Waals surface area contributed by atoms with Crippen LogP contribution in [-0.4, -0.2) is 15.6 Å². The molecule has 3 nitrogen and oxygen atoms in total. The maximum Gasteiger partial charge on any atom is 0.184 e. The van der Waals surface area contributed by atoms with Gasteiger partial charge in [0.15, 0.2) is 5.78 Å². The lowest BCUT2D eigenvalue weighted by Gasteiger charge is -2.29. The van der Waals surface area contributed by atoms with Crippen molar-refractivity contribution in [2.75, 3.05) is 0 Å². The first-order chi connectivity index (χ1) is 13.6. The third kappa shape index (κ3) is 3.42. The molecule has 1 aliphatic rings. The average Bonchev–Trinajstić information content (AvgIpc) is 3.09. The number of hydrogen-bond acceptors (Lipinski definition) is 2. The van der Waals surface area contributed by atoms with E-state index in [1.807, 2.05) is 41.1 Å². The fraction of sp³-hybridized carbons (Fsp3) is 0.360. The Bertz CT molecular complexity index is 957. The van der Waals surface area contributed by atoms with Crippen LogP contribution in [0.3, 0.4) is 0 Å². The first kappa shape index (κ1) is 18.7. The van der Waals surface area contributed by atoms with Crippen molar-refractivity contribution in [1.82, 2.24) is 9.78 Å². The number of Topliss-reactive ketones (excluding diaryl/α,β-unsaturated/α-hetero) is 1. The SMILES string of the molecule is CC(C)[C@@H]1CC[C@@H](C)c2c1nn(CC(=O)c1ccccc1)c2-c1ccccc1. The summed E-state index contributed by atoms with van der Waals surface area (Å²) in [6, 6.07) is 19.9. The smallest absolute Gasteiger partial charge is 0.184 e. The Kier molecular flexibility index (Phi) is 5.17. The molecular formula is C25H28N2O. The molecule has 144 valence electrons. The number of hydrogen-bond donors (Lipinski definition) is 0. The highest BCUT2D eigenvalue weighted by molar-refractivity contribution is 5.96. The summed E-state index contributed by atoms with van der Waals surface area (Å²) in [5.74, 6) is 1.57. The van der Waals surface area contributed by atoms with Crippen molar-refractivity contribution in [3.8, 4) is 11.3 Å². The van der Waals surface area contributed by atoms with Crippen molar-refractivity contribution in [1.29, 1.82) is 0 Å². The van der Waals surface area contributed by atoms with Crippen LogP contribution >= 0.6 is 0 Å². The molecule has 0 saturated carbocycles. The molecule has 28 heavy (non-hydrogen) atoms. The Hall–Kier alpha value is -2.68. The lowest BCUT2D eigenvalue weighted by atomic mass is 9.75. The van der Waals surface area contributed by atoms with Crippen LogP contribution in [0.4, 0.5) is 0 Å². The monoisotopic (exact) mass is 372 g/mol. The molecule has 0 saturated heterocycles. The zero-order chi connectivity index (χ0) is 19.7. The molecule has 0 bridgehead atoms. The molecule has 4 rings (SSSR count). The van der Waals surface area contributed by atoms with Crippen LogP contribution in [0.2, 0.25) is 0 Å². The van der Waals surface area contributed by atoms with Crippen molar-refractivity contribution in [2.45, 2.75) is 52.0 Å². The lowest BCUT2D eigenvalue weighted by Crippen LogP contribution is -2.17. The topological polar surface area (TPSA) is 34.9 Å². The second kappa shape index (κ2) is 7.75. The Balaban J connectivity index is 1.84. The van der Waals surface area contributed by atoms with Crippen LogP contribution in [0.1, 0.15) is 67.1 Å². The molecule has 3 aromatic rings. The number of fused-ring (bicyclic) bond motifs is 1. The highest BCUT2D eigenvalue weighted by Crippen LogP contribution is 2.45. The molecule has 1 aromatic heterocycles. The van der Waals surface area contributed by atoms with Crippen molar-refractivity contribution in [2.24, 2.45) is 5.92 Å². The lowest BCUT2D eigenvalue weighted by molar-refractivity contribution is 0.0968. The van der Waals surface area contributed by atoms with Crippen molar-refractivity contribution < 1.29 is 4.79 Å². The first-order valence-electron chi connectivity index (χ1n) is 10.3. The van der Waals surface area contributed by atoms with Gasteiger partial charge < -0.3 is 0 Å². The Morgan fingerprint density at radius 2 is 1.68 bits per heavy atom. The van der Waals surface area contributed by atoms with Gasteiger partial charge in [0.05, 0.1) is 11.4 Å². The third-order valence-corrected chi connectivity index (χ3v) is 6.01. The second-order valence-corrected chi connectivity index (χ2v) is 8.29. The van der Waals surface area contributed by atoms with E-state index in [2.05, 4.69) is 45.0 Å². The highest BCUT2D eigenvalue weighted by Gasteiger charge is 2.34. The Morgan fingerprint density at radius 1 is 1.04 bits per heavy atom. The van der Waals surface area contributed by atoms with Gasteiger partial charge in [0.2, 0.25) is 0 Å². The van der Waals surface area contributed by atoms with E-state index in [-0.39, 0.29) is 12.3 Å². The van der Waals surface area contributed by atoms with E-state index in [1.54, 1.807) is 0 Å². The molecule has 1 heterocycles. The predicted molar refractivity (Wildman–Crippen MR) is 114 cm³/mol. The van der Waals surface area contributed by atoms with E-state index in [9.17, 15) is 4.79 Å². The summed E-state index contributed by atoms with van der Waals surface area (Å²) in [6.07, 6.45) is 2.34. The van der Waals surface area contributed by atoms with Crippen molar-refractivity contribution in [3.63, 3.8) is 0 Å². The van der Waals surface area contributed by atoms with Gasteiger partial charge in [0, 0.05) is 22.6 Å². The minimum atomic E-state index is 0.103. The van der Waals surface area contributed by atoms with E-state index >= 15 is 0 Å². The predicted octanol–water partition coefficient (Wildman–Crippen LogP) is 6.07. The van der Waals surface area contributed by atoms with E-state index in [1.165, 1.54) is 24.1 Å². The molecule has 0 unspecified atom stereocenters. The van der Waals surface area contributed by atoms with Crippen molar-refractivity contribution >= 4 is 5.78 Å². The fourth-order valence-corrected chi connectivity index (χ4v) is 4.48. The van der Waals surface area contributed by atoms with E-state index < -0.39 is 0 Å². The van der Waals surface area contributed by atoms with E-state index in [0.29, 0.717) is 17.8 Å². The standard InChI is InChI=1S/C25H28N2O/c1-17(2)21-15-14-18(3)23-24(21)26-27(25(23)20-12-8-5-9-13-20)16-22(28)19-10-6-4-7-11-19/h4-13,17-18,21H,14-16H2,1-3H3/t18-,21+/m1/s1. The number of nitrogens with zero attached hydrogens (tertiary/aromatic N) is 2. The van der Waals surface area contributed by atoms with Gasteiger partial charge in [-0.1, -0.05) is 81.4 Å². The quantitative estimate of drug-likeness (QED) is 0.509. The fourth-order valence-electron chi connectivity index (χ4n) is 4.48. The van der Waals surface area contributed by atoms with Crippen LogP contribution in [0.5, 0.6) is 0 Å². The largest absolute Gasteiger partial charge is 0.292 e. The maximum absolute atomic E-state index is 12.9. The Morgan fingerprint density at radius 3 is 2.32 bits per heavy atom. The minimum Gasteiger partial charge on any atom is -0.292 e. The van der Waals surface area contributed by atoms with E-state index in [4.69, 9.17) is 5.10 Å². The van der Waals surface area contributed by atoms with Crippen LogP contribution in [-0.2, 0) is 6.54 Å². The van der Waals surface area contributed by atoms with Crippen molar-refractivity contribution in [3.05, 3.63) is 77.5 Å². The first-order valence-corrected chi connectivity index (χ1v) is 10.3. The van der Waals surface area contributed by atoms with Crippen LogP contribution in [0, 0.1) is 5.92 Å². The number of carbonyl (C=O) groups excluding carboxylic acids is 1. The molecule has 0 spiro atoms. The molecule has 0 radical (unpaired) electrons. The number of aromatic nitrogens is 2. The zero-order valence-corrected chi connectivity index (χ0v) is 16.9. The van der Waals surface area contributed by atoms with Gasteiger partial charge in [-0.15, -0.1) is 0 Å². The Labute approximate surface area is 167 Å². The third-order valence-electron chi connectivity index (χ3n) is 6.01. The molecule has 0 fully saturated rings. The molecule has 3 heteroatoms. The molecule has 0 N–H and O–H groups in total. The average molecular weight is 373 g/mol. The number of benzene rings is 2. The van der Waals surface area contributed by atoms with Crippen LogP contribution in [0.25, 0.3) is 11.3 Å². The molecular weight excluding hydrogens is 344 g/mol. The number of rotatable bonds is 5. The molecule has 1 aliphatic carbocycles. The zero-order valence-electron chi connectivity index (χ0n) is 16.9. The number of carbonyl (C=O) groups is 1. The molecule has 0 amide bonds. The highest BCUT2D eigenvalue weighted by atomic mass is 16.1. The summed E-state index contributed by atoms with van der Waals surface area (Å²) in [6.45, 7) is 7.13. The van der Waals surface area contributed by atoms with E-state index in [0.717, 1.165) is 16.8 Å². The summed E-state index contributed by atoms with van der Waals surface area (Å²) < 4.78 is 1.96. The summed E-state index contributed by atoms with van der Waals surface area (Å²) in [5.41, 5.74) is 5.56. The van der Waals surface area contributed by atoms with Gasteiger partial charge >= 0.3 is 0 Å². The summed E-state index contributed by atoms with van der Waals surface area (Å²) in [7, 11) is 0. The van der Waals surface area contributed by atoms with Gasteiger partial charge in [0.25, 0.3) is 0 Å². The number of ketones is 1. The molecule has 2 aromatic carbocycles. The normalized spacial score (nSPS) is 18.9. The van der Waals surface area contributed by atoms with Gasteiger partial charge in [-0.2, -0.15) is 5.10 Å². The summed E-state index contributed by atoms with van der Waals surface area (Å²) in [4.78, 5) is 12.9. The van der Waals surface area contributed by atoms with Gasteiger partial charge in [-0.25, -0.2) is 0 Å². The summed E-state index contributed by atoms with van der Waals surface area (Å²) in [5, 5.41) is 5.04. The van der Waals surface area contributed by atoms with Gasteiger partial charge in [-0.05, 0) is 24.7 Å². The molecule has 0 aliphatic heterocycles. The maximum atomic E-state index is 12.9. The van der Waals surface area contributed by atoms with Gasteiger partial charge in [0.1, 0.15) is 6.54 Å². The second-order valence-electron chi connectivity index (χ2n) is 8.29. The van der Waals surface area contributed by atoms with Gasteiger partial charge in [-0.3, -0.25) is 9.48 Å². The van der Waals surface area contributed by atoms with Crippen LogP contribution in [0.15, 0.2) is 60.7 Å². The summed E-state index contributed by atoms with van der Waals surface area (Å²) >= 11 is 0.